The molecule has 0 spiro atoms. The van der Waals surface area contributed by atoms with Crippen LogP contribution in [0.25, 0.3) is 0 Å². The van der Waals surface area contributed by atoms with Crippen molar-refractivity contribution in [3.8, 4) is 0 Å². The second kappa shape index (κ2) is 5.14. The number of hydrogen-bond donors (Lipinski definition) is 1. The van der Waals surface area contributed by atoms with E-state index >= 15 is 0 Å². The third kappa shape index (κ3) is 2.62. The summed E-state index contributed by atoms with van der Waals surface area (Å²) in [5.74, 6) is 2.59. The summed E-state index contributed by atoms with van der Waals surface area (Å²) in [6, 6.07) is 0. The third-order valence-electron chi connectivity index (χ3n) is 3.11. The van der Waals surface area contributed by atoms with Gasteiger partial charge in [-0.2, -0.15) is 0 Å². The molecule has 2 rings (SSSR count). The van der Waals surface area contributed by atoms with Crippen molar-refractivity contribution < 1.29 is 0 Å². The maximum atomic E-state index is 4.54. The van der Waals surface area contributed by atoms with Crippen LogP contribution in [0.15, 0.2) is 12.4 Å². The Hall–Kier alpha value is -1.32. The first-order chi connectivity index (χ1) is 7.79. The van der Waals surface area contributed by atoms with Crippen LogP contribution in [0.3, 0.4) is 0 Å². The average molecular weight is 220 g/mol. The summed E-state index contributed by atoms with van der Waals surface area (Å²) in [5.41, 5.74) is 0. The maximum Gasteiger partial charge on any atom is 0.149 e. The normalized spacial score (nSPS) is 21.6. The van der Waals surface area contributed by atoms with Crippen LogP contribution in [0.2, 0.25) is 0 Å². The van der Waals surface area contributed by atoms with E-state index in [0.29, 0.717) is 0 Å². The SMILES string of the molecule is CNc1cncc(N2CCCCC(C)C2)n1. The van der Waals surface area contributed by atoms with Gasteiger partial charge in [0.2, 0.25) is 0 Å². The molecule has 0 aliphatic carbocycles. The van der Waals surface area contributed by atoms with E-state index in [9.17, 15) is 0 Å². The minimum atomic E-state index is 0.752. The molecule has 0 amide bonds. The fraction of sp³-hybridized carbons (Fsp3) is 0.667. The van der Waals surface area contributed by atoms with E-state index in [2.05, 4.69) is 27.1 Å². The van der Waals surface area contributed by atoms with Gasteiger partial charge in [-0.25, -0.2) is 4.98 Å². The molecule has 1 aliphatic heterocycles. The first kappa shape index (κ1) is 11.2. The van der Waals surface area contributed by atoms with Crippen LogP contribution in [0.1, 0.15) is 26.2 Å². The molecule has 1 unspecified atom stereocenters. The van der Waals surface area contributed by atoms with Crippen molar-refractivity contribution >= 4 is 11.6 Å². The second-order valence-corrected chi connectivity index (χ2v) is 4.56. The largest absolute Gasteiger partial charge is 0.372 e. The van der Waals surface area contributed by atoms with Crippen LogP contribution < -0.4 is 10.2 Å². The van der Waals surface area contributed by atoms with Gasteiger partial charge in [-0.05, 0) is 18.8 Å². The van der Waals surface area contributed by atoms with E-state index in [1.165, 1.54) is 19.3 Å². The predicted octanol–water partition coefficient (Wildman–Crippen LogP) is 2.14. The van der Waals surface area contributed by atoms with Gasteiger partial charge in [-0.3, -0.25) is 4.98 Å². The average Bonchev–Trinajstić information content (AvgIpc) is 2.54. The molecule has 88 valence electrons. The highest BCUT2D eigenvalue weighted by Gasteiger charge is 2.16. The summed E-state index contributed by atoms with van der Waals surface area (Å²) in [6.07, 6.45) is 7.53. The first-order valence-electron chi connectivity index (χ1n) is 6.04. The molecule has 16 heavy (non-hydrogen) atoms. The maximum absolute atomic E-state index is 4.54. The summed E-state index contributed by atoms with van der Waals surface area (Å²) in [6.45, 7) is 4.52. The fourth-order valence-electron chi connectivity index (χ4n) is 2.19. The number of nitrogens with zero attached hydrogens (tertiary/aromatic N) is 3. The Bertz CT molecular complexity index is 340. The van der Waals surface area contributed by atoms with Gasteiger partial charge in [0.15, 0.2) is 0 Å². The predicted molar refractivity (Wildman–Crippen MR) is 66.8 cm³/mol. The van der Waals surface area contributed by atoms with Crippen LogP contribution in [0, 0.1) is 5.92 Å². The molecular weight excluding hydrogens is 200 g/mol. The van der Waals surface area contributed by atoms with Crippen molar-refractivity contribution in [2.24, 2.45) is 5.92 Å². The van der Waals surface area contributed by atoms with Crippen molar-refractivity contribution in [2.45, 2.75) is 26.2 Å². The van der Waals surface area contributed by atoms with Gasteiger partial charge in [0, 0.05) is 20.1 Å². The fourth-order valence-corrected chi connectivity index (χ4v) is 2.19. The minimum Gasteiger partial charge on any atom is -0.372 e. The standard InChI is InChI=1S/C12H20N4/c1-10-5-3-4-6-16(9-10)12-8-14-7-11(13-2)15-12/h7-8,10H,3-6,9H2,1-2H3,(H,13,15). The summed E-state index contributed by atoms with van der Waals surface area (Å²) in [5, 5.41) is 3.03. The van der Waals surface area contributed by atoms with Gasteiger partial charge in [0.25, 0.3) is 0 Å². The molecule has 1 aromatic rings. The van der Waals surface area contributed by atoms with Crippen LogP contribution in [0.4, 0.5) is 11.6 Å². The second-order valence-electron chi connectivity index (χ2n) is 4.56. The molecule has 4 nitrogen and oxygen atoms in total. The summed E-state index contributed by atoms with van der Waals surface area (Å²) < 4.78 is 0. The van der Waals surface area contributed by atoms with Crippen LogP contribution in [-0.2, 0) is 0 Å². The van der Waals surface area contributed by atoms with Crippen molar-refractivity contribution in [1.82, 2.24) is 9.97 Å². The monoisotopic (exact) mass is 220 g/mol. The Morgan fingerprint density at radius 1 is 1.38 bits per heavy atom. The lowest BCUT2D eigenvalue weighted by Crippen LogP contribution is -2.28. The lowest BCUT2D eigenvalue weighted by atomic mass is 10.1. The third-order valence-corrected chi connectivity index (χ3v) is 3.11. The Morgan fingerprint density at radius 3 is 3.06 bits per heavy atom. The van der Waals surface area contributed by atoms with Gasteiger partial charge in [0.1, 0.15) is 11.6 Å². The molecule has 1 aromatic heterocycles. The van der Waals surface area contributed by atoms with Crippen LogP contribution in [-0.4, -0.2) is 30.1 Å². The van der Waals surface area contributed by atoms with E-state index < -0.39 is 0 Å². The molecule has 0 radical (unpaired) electrons. The molecule has 1 N–H and O–H groups in total. The van der Waals surface area contributed by atoms with Gasteiger partial charge >= 0.3 is 0 Å². The van der Waals surface area contributed by atoms with Crippen molar-refractivity contribution in [3.05, 3.63) is 12.4 Å². The van der Waals surface area contributed by atoms with Gasteiger partial charge in [0.05, 0.1) is 12.4 Å². The summed E-state index contributed by atoms with van der Waals surface area (Å²) in [4.78, 5) is 11.1. The molecule has 0 bridgehead atoms. The molecule has 1 aliphatic rings. The number of aromatic nitrogens is 2. The molecule has 2 heterocycles. The van der Waals surface area contributed by atoms with Crippen molar-refractivity contribution in [2.75, 3.05) is 30.4 Å². The zero-order chi connectivity index (χ0) is 11.4. The smallest absolute Gasteiger partial charge is 0.149 e. The van der Waals surface area contributed by atoms with E-state index in [-0.39, 0.29) is 0 Å². The van der Waals surface area contributed by atoms with Gasteiger partial charge in [-0.15, -0.1) is 0 Å². The van der Waals surface area contributed by atoms with Gasteiger partial charge < -0.3 is 10.2 Å². The van der Waals surface area contributed by atoms with E-state index in [4.69, 9.17) is 0 Å². The summed E-state index contributed by atoms with van der Waals surface area (Å²) >= 11 is 0. The van der Waals surface area contributed by atoms with Crippen molar-refractivity contribution in [1.29, 1.82) is 0 Å². The molecular formula is C12H20N4. The zero-order valence-electron chi connectivity index (χ0n) is 10.1. The number of anilines is 2. The Balaban J connectivity index is 2.14. The number of rotatable bonds is 2. The lowest BCUT2D eigenvalue weighted by molar-refractivity contribution is 0.543. The highest BCUT2D eigenvalue weighted by Crippen LogP contribution is 2.20. The highest BCUT2D eigenvalue weighted by atomic mass is 15.2. The Morgan fingerprint density at radius 2 is 2.25 bits per heavy atom. The quantitative estimate of drug-likeness (QED) is 0.829. The van der Waals surface area contributed by atoms with Crippen LogP contribution >= 0.6 is 0 Å². The molecule has 1 saturated heterocycles. The number of hydrogen-bond acceptors (Lipinski definition) is 4. The highest BCUT2D eigenvalue weighted by molar-refractivity contribution is 5.43. The summed E-state index contributed by atoms with van der Waals surface area (Å²) in [7, 11) is 1.87. The Labute approximate surface area is 97.1 Å². The Kier molecular flexibility index (Phi) is 3.59. The molecule has 0 saturated carbocycles. The van der Waals surface area contributed by atoms with E-state index in [0.717, 1.165) is 30.6 Å². The molecule has 1 atom stereocenters. The molecule has 1 fully saturated rings. The lowest BCUT2D eigenvalue weighted by Gasteiger charge is -2.23. The van der Waals surface area contributed by atoms with Crippen LogP contribution in [0.5, 0.6) is 0 Å². The minimum absolute atomic E-state index is 0.752. The molecule has 0 aromatic carbocycles. The zero-order valence-corrected chi connectivity index (χ0v) is 10.1. The van der Waals surface area contributed by atoms with E-state index in [1.54, 1.807) is 6.20 Å². The first-order valence-corrected chi connectivity index (χ1v) is 6.04. The number of nitrogens with one attached hydrogen (secondary N) is 1. The topological polar surface area (TPSA) is 41.1 Å². The van der Waals surface area contributed by atoms with Gasteiger partial charge in [-0.1, -0.05) is 13.3 Å². The van der Waals surface area contributed by atoms with E-state index in [1.807, 2.05) is 13.2 Å². The van der Waals surface area contributed by atoms with Crippen molar-refractivity contribution in [3.63, 3.8) is 0 Å². The molecule has 4 heteroatoms.